The van der Waals surface area contributed by atoms with Crippen LogP contribution in [0.2, 0.25) is 0 Å². The number of hydrogen-bond donors (Lipinski definition) is 0. The molecule has 1 aliphatic rings. The zero-order valence-electron chi connectivity index (χ0n) is 15.6. The van der Waals surface area contributed by atoms with Gasteiger partial charge in [0.2, 0.25) is 11.9 Å². The van der Waals surface area contributed by atoms with Crippen molar-refractivity contribution in [3.63, 3.8) is 0 Å². The van der Waals surface area contributed by atoms with E-state index < -0.39 is 0 Å². The van der Waals surface area contributed by atoms with Gasteiger partial charge < -0.3 is 9.80 Å². The lowest BCUT2D eigenvalue weighted by Gasteiger charge is -2.34. The fourth-order valence-corrected chi connectivity index (χ4v) is 4.04. The summed E-state index contributed by atoms with van der Waals surface area (Å²) in [5, 5.41) is 9.14. The number of aryl methyl sites for hydroxylation is 1. The summed E-state index contributed by atoms with van der Waals surface area (Å²) in [6.07, 6.45) is 3.47. The van der Waals surface area contributed by atoms with Gasteiger partial charge in [0.15, 0.2) is 5.16 Å². The highest BCUT2D eigenvalue weighted by Gasteiger charge is 2.23. The Labute approximate surface area is 167 Å². The fraction of sp³-hybridized carbons (Fsp3) is 0.316. The number of nitrogens with zero attached hydrogens (tertiary/aromatic N) is 7. The number of thioether (sulfide) groups is 1. The van der Waals surface area contributed by atoms with Crippen molar-refractivity contribution in [1.29, 1.82) is 0 Å². The minimum absolute atomic E-state index is 0.110. The maximum atomic E-state index is 12.7. The number of para-hydroxylation sites is 1. The normalized spacial score (nSPS) is 14.3. The summed E-state index contributed by atoms with van der Waals surface area (Å²) in [5.74, 6) is 1.97. The molecule has 1 amide bonds. The molecule has 1 fully saturated rings. The first-order chi connectivity index (χ1) is 13.7. The highest BCUT2D eigenvalue weighted by atomic mass is 32.2. The van der Waals surface area contributed by atoms with Gasteiger partial charge in [-0.2, -0.15) is 0 Å². The number of carbonyl (C=O) groups excluding carboxylic acids is 1. The van der Waals surface area contributed by atoms with E-state index >= 15 is 0 Å². The van der Waals surface area contributed by atoms with Gasteiger partial charge in [0.1, 0.15) is 5.82 Å². The van der Waals surface area contributed by atoms with E-state index in [1.807, 2.05) is 46.7 Å². The molecule has 0 saturated carbocycles. The molecule has 0 unspecified atom stereocenters. The zero-order valence-corrected chi connectivity index (χ0v) is 16.4. The Balaban J connectivity index is 1.35. The van der Waals surface area contributed by atoms with Crippen molar-refractivity contribution in [1.82, 2.24) is 29.6 Å². The first kappa shape index (κ1) is 18.4. The molecular formula is C19H21N7OS. The SMILES string of the molecule is Cc1nnc(SCC(=O)N2CCN(c3ncccn3)CC2)n1-c1ccccc1. The molecule has 0 spiro atoms. The third-order valence-electron chi connectivity index (χ3n) is 4.60. The second-order valence-corrected chi connectivity index (χ2v) is 7.35. The van der Waals surface area contributed by atoms with Crippen molar-refractivity contribution in [2.45, 2.75) is 12.1 Å². The zero-order chi connectivity index (χ0) is 19.3. The lowest BCUT2D eigenvalue weighted by atomic mass is 10.3. The molecule has 0 atom stereocenters. The molecule has 28 heavy (non-hydrogen) atoms. The number of hydrogen-bond acceptors (Lipinski definition) is 7. The summed E-state index contributed by atoms with van der Waals surface area (Å²) in [7, 11) is 0. The molecule has 2 aromatic heterocycles. The van der Waals surface area contributed by atoms with Crippen LogP contribution in [-0.4, -0.2) is 67.5 Å². The van der Waals surface area contributed by atoms with Crippen molar-refractivity contribution in [2.24, 2.45) is 0 Å². The van der Waals surface area contributed by atoms with E-state index in [-0.39, 0.29) is 5.91 Å². The molecule has 144 valence electrons. The van der Waals surface area contributed by atoms with E-state index in [1.54, 1.807) is 18.5 Å². The van der Waals surface area contributed by atoms with Crippen LogP contribution in [0.1, 0.15) is 5.82 Å². The molecule has 9 heteroatoms. The van der Waals surface area contributed by atoms with E-state index in [9.17, 15) is 4.79 Å². The Morgan fingerprint density at radius 3 is 2.43 bits per heavy atom. The first-order valence-corrected chi connectivity index (χ1v) is 10.1. The maximum Gasteiger partial charge on any atom is 0.233 e. The van der Waals surface area contributed by atoms with Gasteiger partial charge in [-0.25, -0.2) is 9.97 Å². The van der Waals surface area contributed by atoms with Gasteiger partial charge in [0.05, 0.1) is 5.75 Å². The van der Waals surface area contributed by atoms with Crippen LogP contribution >= 0.6 is 11.8 Å². The van der Waals surface area contributed by atoms with Crippen LogP contribution in [0.3, 0.4) is 0 Å². The molecule has 3 aromatic rings. The monoisotopic (exact) mass is 395 g/mol. The van der Waals surface area contributed by atoms with Crippen molar-refractivity contribution in [3.05, 3.63) is 54.6 Å². The van der Waals surface area contributed by atoms with Crippen LogP contribution in [0, 0.1) is 6.92 Å². The second-order valence-electron chi connectivity index (χ2n) is 6.41. The number of carbonyl (C=O) groups is 1. The fourth-order valence-electron chi connectivity index (χ4n) is 3.14. The van der Waals surface area contributed by atoms with Crippen molar-refractivity contribution >= 4 is 23.6 Å². The minimum Gasteiger partial charge on any atom is -0.338 e. The molecule has 3 heterocycles. The predicted octanol–water partition coefficient (Wildman–Crippen LogP) is 1.81. The number of piperazine rings is 1. The Kier molecular flexibility index (Phi) is 5.52. The number of benzene rings is 1. The van der Waals surface area contributed by atoms with Gasteiger partial charge in [-0.1, -0.05) is 30.0 Å². The number of amides is 1. The van der Waals surface area contributed by atoms with Crippen LogP contribution in [0.25, 0.3) is 5.69 Å². The molecule has 0 bridgehead atoms. The predicted molar refractivity (Wildman–Crippen MR) is 108 cm³/mol. The molecule has 8 nitrogen and oxygen atoms in total. The van der Waals surface area contributed by atoms with Crippen LogP contribution in [0.5, 0.6) is 0 Å². The summed E-state index contributed by atoms with van der Waals surface area (Å²) in [4.78, 5) is 25.2. The van der Waals surface area contributed by atoms with E-state index in [2.05, 4.69) is 25.1 Å². The van der Waals surface area contributed by atoms with Crippen molar-refractivity contribution < 1.29 is 4.79 Å². The Morgan fingerprint density at radius 2 is 1.71 bits per heavy atom. The Hall–Kier alpha value is -2.94. The van der Waals surface area contributed by atoms with Gasteiger partial charge >= 0.3 is 0 Å². The summed E-state index contributed by atoms with van der Waals surface area (Å²) < 4.78 is 1.97. The quantitative estimate of drug-likeness (QED) is 0.610. The number of aromatic nitrogens is 5. The molecule has 1 aliphatic heterocycles. The van der Waals surface area contributed by atoms with Gasteiger partial charge in [-0.05, 0) is 25.1 Å². The number of anilines is 1. The van der Waals surface area contributed by atoms with Crippen molar-refractivity contribution in [2.75, 3.05) is 36.8 Å². The maximum absolute atomic E-state index is 12.7. The van der Waals surface area contributed by atoms with Crippen LogP contribution in [0.15, 0.2) is 53.9 Å². The highest BCUT2D eigenvalue weighted by molar-refractivity contribution is 7.99. The minimum atomic E-state index is 0.110. The van der Waals surface area contributed by atoms with Crippen LogP contribution in [-0.2, 0) is 4.79 Å². The average Bonchev–Trinajstić information content (AvgIpc) is 3.13. The molecule has 0 N–H and O–H groups in total. The summed E-state index contributed by atoms with van der Waals surface area (Å²) in [6.45, 7) is 4.72. The van der Waals surface area contributed by atoms with Gasteiger partial charge in [-0.15, -0.1) is 10.2 Å². The topological polar surface area (TPSA) is 80.0 Å². The summed E-state index contributed by atoms with van der Waals surface area (Å²) >= 11 is 1.42. The van der Waals surface area contributed by atoms with Gasteiger partial charge in [0, 0.05) is 44.3 Å². The van der Waals surface area contributed by atoms with Gasteiger partial charge in [0.25, 0.3) is 0 Å². The largest absolute Gasteiger partial charge is 0.338 e. The van der Waals surface area contributed by atoms with E-state index in [0.717, 1.165) is 35.7 Å². The smallest absolute Gasteiger partial charge is 0.233 e. The molecule has 1 saturated heterocycles. The van der Waals surface area contributed by atoms with Crippen molar-refractivity contribution in [3.8, 4) is 5.69 Å². The Bertz CT molecular complexity index is 924. The van der Waals surface area contributed by atoms with Crippen LogP contribution < -0.4 is 4.90 Å². The molecule has 0 radical (unpaired) electrons. The lowest BCUT2D eigenvalue weighted by Crippen LogP contribution is -2.49. The summed E-state index contributed by atoms with van der Waals surface area (Å²) in [6, 6.07) is 11.7. The third-order valence-corrected chi connectivity index (χ3v) is 5.52. The number of rotatable bonds is 5. The van der Waals surface area contributed by atoms with Gasteiger partial charge in [-0.3, -0.25) is 9.36 Å². The molecular weight excluding hydrogens is 374 g/mol. The standard InChI is InChI=1S/C19H21N7OS/c1-15-22-23-19(26(15)16-6-3-2-4-7-16)28-14-17(27)24-10-12-25(13-11-24)18-20-8-5-9-21-18/h2-9H,10-14H2,1H3. The van der Waals surface area contributed by atoms with E-state index in [4.69, 9.17) is 0 Å². The third kappa shape index (κ3) is 3.99. The Morgan fingerprint density at radius 1 is 1.00 bits per heavy atom. The average molecular weight is 395 g/mol. The molecule has 1 aromatic carbocycles. The lowest BCUT2D eigenvalue weighted by molar-refractivity contribution is -0.128. The summed E-state index contributed by atoms with van der Waals surface area (Å²) in [5.41, 5.74) is 0.997. The van der Waals surface area contributed by atoms with E-state index in [1.165, 1.54) is 11.8 Å². The van der Waals surface area contributed by atoms with E-state index in [0.29, 0.717) is 18.8 Å². The second kappa shape index (κ2) is 8.39. The first-order valence-electron chi connectivity index (χ1n) is 9.12. The molecule has 4 rings (SSSR count). The molecule has 0 aliphatic carbocycles. The van der Waals surface area contributed by atoms with Crippen LogP contribution in [0.4, 0.5) is 5.95 Å². The highest BCUT2D eigenvalue weighted by Crippen LogP contribution is 2.22.